The van der Waals surface area contributed by atoms with Crippen molar-refractivity contribution in [3.05, 3.63) is 18.3 Å². The summed E-state index contributed by atoms with van der Waals surface area (Å²) in [5, 5.41) is 0. The Morgan fingerprint density at radius 2 is 2.07 bits per heavy atom. The topological polar surface area (TPSA) is 45.6 Å². The number of pyridine rings is 1. The Hall–Kier alpha value is -1.67. The Bertz CT molecular complexity index is 362. The van der Waals surface area contributed by atoms with Crippen LogP contribution in [0.4, 0.5) is 11.5 Å². The zero-order valence-corrected chi connectivity index (χ0v) is 8.52. The van der Waals surface area contributed by atoms with E-state index in [2.05, 4.69) is 14.9 Å². The van der Waals surface area contributed by atoms with Gasteiger partial charge in [0.25, 0.3) is 0 Å². The van der Waals surface area contributed by atoms with Gasteiger partial charge in [0.1, 0.15) is 5.82 Å². The minimum Gasteiger partial charge on any atom is -0.357 e. The van der Waals surface area contributed by atoms with Crippen LogP contribution in [0.2, 0.25) is 0 Å². The van der Waals surface area contributed by atoms with Gasteiger partial charge in [-0.3, -0.25) is 0 Å². The summed E-state index contributed by atoms with van der Waals surface area (Å²) in [5.74, 6) is 0.972. The summed E-state index contributed by atoms with van der Waals surface area (Å²) in [6.45, 7) is 2.15. The summed E-state index contributed by atoms with van der Waals surface area (Å²) in [7, 11) is 0. The van der Waals surface area contributed by atoms with E-state index >= 15 is 0 Å². The van der Waals surface area contributed by atoms with Crippen molar-refractivity contribution in [1.29, 1.82) is 0 Å². The molecule has 1 saturated heterocycles. The molecule has 2 heterocycles. The number of hydrogen-bond donors (Lipinski definition) is 0. The van der Waals surface area contributed by atoms with E-state index in [9.17, 15) is 4.79 Å². The van der Waals surface area contributed by atoms with Crippen LogP contribution in [0, 0.1) is 0 Å². The quantitative estimate of drug-likeness (QED) is 0.545. The molecule has 4 nitrogen and oxygen atoms in total. The third kappa shape index (κ3) is 2.42. The normalized spacial score (nSPS) is 15.9. The van der Waals surface area contributed by atoms with Gasteiger partial charge in [0, 0.05) is 13.1 Å². The van der Waals surface area contributed by atoms with E-state index in [-0.39, 0.29) is 0 Å². The van der Waals surface area contributed by atoms with Gasteiger partial charge >= 0.3 is 0 Å². The molecule has 78 valence electrons. The maximum Gasteiger partial charge on any atom is 0.240 e. The van der Waals surface area contributed by atoms with Crippen molar-refractivity contribution in [3.8, 4) is 0 Å². The molecule has 0 amide bonds. The van der Waals surface area contributed by atoms with E-state index in [1.165, 1.54) is 25.3 Å². The molecular formula is C11H13N3O. The summed E-state index contributed by atoms with van der Waals surface area (Å²) in [5.41, 5.74) is 0.561. The number of anilines is 1. The van der Waals surface area contributed by atoms with Gasteiger partial charge in [-0.1, -0.05) is 0 Å². The lowest BCUT2D eigenvalue weighted by atomic mass is 10.1. The van der Waals surface area contributed by atoms with Crippen LogP contribution in [-0.4, -0.2) is 24.2 Å². The fourth-order valence-electron chi connectivity index (χ4n) is 1.81. The van der Waals surface area contributed by atoms with Crippen LogP contribution in [-0.2, 0) is 4.79 Å². The SMILES string of the molecule is O=C=Nc1ccc(N2CCCCC2)nc1. The van der Waals surface area contributed by atoms with Gasteiger partial charge in [-0.15, -0.1) is 0 Å². The lowest BCUT2D eigenvalue weighted by Crippen LogP contribution is -2.29. The molecule has 1 aromatic rings. The van der Waals surface area contributed by atoms with E-state index < -0.39 is 0 Å². The smallest absolute Gasteiger partial charge is 0.240 e. The summed E-state index contributed by atoms with van der Waals surface area (Å²) in [6, 6.07) is 3.70. The lowest BCUT2D eigenvalue weighted by Gasteiger charge is -2.27. The second-order valence-corrected chi connectivity index (χ2v) is 3.63. The van der Waals surface area contributed by atoms with Crippen LogP contribution in [0.1, 0.15) is 19.3 Å². The number of piperidine rings is 1. The van der Waals surface area contributed by atoms with Gasteiger partial charge in [0.05, 0.1) is 11.9 Å². The van der Waals surface area contributed by atoms with E-state index in [1.807, 2.05) is 6.07 Å². The van der Waals surface area contributed by atoms with Crippen LogP contribution in [0.3, 0.4) is 0 Å². The molecule has 0 bridgehead atoms. The van der Waals surface area contributed by atoms with E-state index in [0.717, 1.165) is 18.9 Å². The first-order chi connectivity index (χ1) is 7.40. The second-order valence-electron chi connectivity index (χ2n) is 3.63. The van der Waals surface area contributed by atoms with Gasteiger partial charge in [0.15, 0.2) is 0 Å². The molecule has 0 aliphatic carbocycles. The van der Waals surface area contributed by atoms with Gasteiger partial charge < -0.3 is 4.90 Å². The second kappa shape index (κ2) is 4.71. The van der Waals surface area contributed by atoms with Gasteiger partial charge in [-0.25, -0.2) is 9.78 Å². The minimum atomic E-state index is 0.561. The molecule has 1 aliphatic heterocycles. The van der Waals surface area contributed by atoms with Crippen molar-refractivity contribution in [1.82, 2.24) is 4.98 Å². The number of isocyanates is 1. The molecule has 1 fully saturated rings. The summed E-state index contributed by atoms with van der Waals surface area (Å²) >= 11 is 0. The van der Waals surface area contributed by atoms with E-state index in [0.29, 0.717) is 5.69 Å². The first-order valence-electron chi connectivity index (χ1n) is 5.19. The summed E-state index contributed by atoms with van der Waals surface area (Å²) < 4.78 is 0. The molecular weight excluding hydrogens is 190 g/mol. The zero-order chi connectivity index (χ0) is 10.5. The maximum absolute atomic E-state index is 10.0. The Labute approximate surface area is 88.7 Å². The van der Waals surface area contributed by atoms with E-state index in [1.54, 1.807) is 12.3 Å². The number of aliphatic imine (C=N–C) groups is 1. The van der Waals surface area contributed by atoms with Crippen molar-refractivity contribution in [2.24, 2.45) is 4.99 Å². The molecule has 1 aromatic heterocycles. The standard InChI is InChI=1S/C11H13N3O/c15-9-13-10-4-5-11(12-8-10)14-6-2-1-3-7-14/h4-5,8H,1-3,6-7H2. The maximum atomic E-state index is 10.0. The highest BCUT2D eigenvalue weighted by molar-refractivity contribution is 5.51. The highest BCUT2D eigenvalue weighted by Gasteiger charge is 2.11. The average molecular weight is 203 g/mol. The third-order valence-corrected chi connectivity index (χ3v) is 2.59. The van der Waals surface area contributed by atoms with Crippen molar-refractivity contribution < 1.29 is 4.79 Å². The molecule has 0 saturated carbocycles. The first kappa shape index (κ1) is 9.87. The Kier molecular flexibility index (Phi) is 3.10. The van der Waals surface area contributed by atoms with Crippen LogP contribution in [0.25, 0.3) is 0 Å². The molecule has 0 unspecified atom stereocenters. The third-order valence-electron chi connectivity index (χ3n) is 2.59. The molecule has 2 rings (SSSR count). The summed E-state index contributed by atoms with van der Waals surface area (Å²) in [6.07, 6.45) is 6.88. The van der Waals surface area contributed by atoms with E-state index in [4.69, 9.17) is 0 Å². The molecule has 0 N–H and O–H groups in total. The number of rotatable bonds is 2. The number of hydrogen-bond acceptors (Lipinski definition) is 4. The Balaban J connectivity index is 2.11. The lowest BCUT2D eigenvalue weighted by molar-refractivity contribution is 0.565. The van der Waals surface area contributed by atoms with Crippen LogP contribution in [0.5, 0.6) is 0 Å². The van der Waals surface area contributed by atoms with Crippen LogP contribution in [0.15, 0.2) is 23.3 Å². The molecule has 0 atom stereocenters. The molecule has 0 spiro atoms. The highest BCUT2D eigenvalue weighted by atomic mass is 16.1. The van der Waals surface area contributed by atoms with Crippen LogP contribution >= 0.6 is 0 Å². The van der Waals surface area contributed by atoms with Crippen molar-refractivity contribution in [2.75, 3.05) is 18.0 Å². The minimum absolute atomic E-state index is 0.561. The zero-order valence-electron chi connectivity index (χ0n) is 8.52. The van der Waals surface area contributed by atoms with Crippen molar-refractivity contribution in [2.45, 2.75) is 19.3 Å². The number of aromatic nitrogens is 1. The largest absolute Gasteiger partial charge is 0.357 e. The van der Waals surface area contributed by atoms with Gasteiger partial charge in [-0.2, -0.15) is 4.99 Å². The summed E-state index contributed by atoms with van der Waals surface area (Å²) in [4.78, 5) is 20.1. The van der Waals surface area contributed by atoms with Crippen molar-refractivity contribution in [3.63, 3.8) is 0 Å². The molecule has 15 heavy (non-hydrogen) atoms. The molecule has 1 aliphatic rings. The fraction of sp³-hybridized carbons (Fsp3) is 0.455. The fourth-order valence-corrected chi connectivity index (χ4v) is 1.81. The predicted octanol–water partition coefficient (Wildman–Crippen LogP) is 2.04. The Morgan fingerprint density at radius 1 is 1.27 bits per heavy atom. The predicted molar refractivity (Wildman–Crippen MR) is 58.1 cm³/mol. The molecule has 4 heteroatoms. The van der Waals surface area contributed by atoms with Crippen LogP contribution < -0.4 is 4.90 Å². The highest BCUT2D eigenvalue weighted by Crippen LogP contribution is 2.19. The Morgan fingerprint density at radius 3 is 2.67 bits per heavy atom. The molecule has 0 aromatic carbocycles. The number of nitrogens with zero attached hydrogens (tertiary/aromatic N) is 3. The van der Waals surface area contributed by atoms with Gasteiger partial charge in [-0.05, 0) is 31.4 Å². The first-order valence-corrected chi connectivity index (χ1v) is 5.19. The number of carbonyl (C=O) groups excluding carboxylic acids is 1. The average Bonchev–Trinajstić information content (AvgIpc) is 2.32. The van der Waals surface area contributed by atoms with Gasteiger partial charge in [0.2, 0.25) is 6.08 Å². The molecule has 0 radical (unpaired) electrons. The van der Waals surface area contributed by atoms with Crippen molar-refractivity contribution >= 4 is 17.6 Å². The monoisotopic (exact) mass is 203 g/mol.